The fraction of sp³-hybridized carbons (Fsp3) is 0.412. The fourth-order valence-corrected chi connectivity index (χ4v) is 3.85. The second-order valence-corrected chi connectivity index (χ2v) is 7.24. The van der Waals surface area contributed by atoms with E-state index in [1.54, 1.807) is 0 Å². The summed E-state index contributed by atoms with van der Waals surface area (Å²) in [6.45, 7) is 4.54. The molecular weight excluding hydrogens is 344 g/mol. The van der Waals surface area contributed by atoms with Gasteiger partial charge in [0, 0.05) is 16.9 Å². The molecule has 1 aliphatic heterocycles. The van der Waals surface area contributed by atoms with Crippen LogP contribution in [0.3, 0.4) is 0 Å². The molecule has 128 valence electrons. The Kier molecular flexibility index (Phi) is 5.71. The summed E-state index contributed by atoms with van der Waals surface area (Å²) in [4.78, 5) is 18.8. The summed E-state index contributed by atoms with van der Waals surface area (Å²) in [5.74, 6) is 0. The van der Waals surface area contributed by atoms with Crippen LogP contribution in [0.1, 0.15) is 30.1 Å². The monoisotopic (exact) mass is 364 g/mol. The van der Waals surface area contributed by atoms with Gasteiger partial charge >= 0.3 is 6.03 Å². The van der Waals surface area contributed by atoms with E-state index in [4.69, 9.17) is 11.6 Å². The van der Waals surface area contributed by atoms with Gasteiger partial charge in [-0.1, -0.05) is 23.7 Å². The molecule has 0 saturated carbocycles. The van der Waals surface area contributed by atoms with Crippen molar-refractivity contribution < 1.29 is 4.79 Å². The number of anilines is 1. The van der Waals surface area contributed by atoms with Gasteiger partial charge in [-0.25, -0.2) is 9.78 Å². The Morgan fingerprint density at radius 1 is 1.42 bits per heavy atom. The smallest absolute Gasteiger partial charge is 0.321 e. The first-order valence-corrected chi connectivity index (χ1v) is 9.34. The molecule has 7 heteroatoms. The molecule has 24 heavy (non-hydrogen) atoms. The zero-order valence-electron chi connectivity index (χ0n) is 13.6. The molecule has 2 heterocycles. The van der Waals surface area contributed by atoms with Crippen molar-refractivity contribution in [1.82, 2.24) is 15.2 Å². The molecule has 1 fully saturated rings. The Morgan fingerprint density at radius 2 is 2.21 bits per heavy atom. The molecule has 5 nitrogen and oxygen atoms in total. The van der Waals surface area contributed by atoms with Crippen molar-refractivity contribution >= 4 is 34.1 Å². The molecule has 0 bridgehead atoms. The summed E-state index contributed by atoms with van der Waals surface area (Å²) in [5, 5.41) is 9.00. The van der Waals surface area contributed by atoms with Crippen LogP contribution in [-0.4, -0.2) is 35.5 Å². The van der Waals surface area contributed by atoms with Crippen LogP contribution in [0.15, 0.2) is 29.6 Å². The minimum atomic E-state index is -0.226. The maximum absolute atomic E-state index is 12.1. The van der Waals surface area contributed by atoms with Crippen molar-refractivity contribution in [3.63, 3.8) is 0 Å². The Labute approximate surface area is 151 Å². The summed E-state index contributed by atoms with van der Waals surface area (Å²) < 4.78 is 0. The minimum absolute atomic E-state index is 0.134. The van der Waals surface area contributed by atoms with Gasteiger partial charge in [-0.15, -0.1) is 11.3 Å². The van der Waals surface area contributed by atoms with E-state index in [-0.39, 0.29) is 12.1 Å². The first-order chi connectivity index (χ1) is 11.6. The van der Waals surface area contributed by atoms with Crippen LogP contribution in [0.25, 0.3) is 0 Å². The molecule has 0 aliphatic carbocycles. The molecular formula is C17H21ClN4OS. The number of hydrogen-bond acceptors (Lipinski definition) is 4. The predicted molar refractivity (Wildman–Crippen MR) is 98.9 cm³/mol. The van der Waals surface area contributed by atoms with Crippen LogP contribution in [-0.2, 0) is 0 Å². The van der Waals surface area contributed by atoms with Crippen LogP contribution in [0.5, 0.6) is 0 Å². The minimum Gasteiger partial charge on any atom is -0.336 e. The number of hydrogen-bond donors (Lipinski definition) is 2. The van der Waals surface area contributed by atoms with Gasteiger partial charge in [0.2, 0.25) is 0 Å². The number of rotatable bonds is 5. The number of benzene rings is 1. The lowest BCUT2D eigenvalue weighted by atomic mass is 10.1. The third-order valence-electron chi connectivity index (χ3n) is 4.11. The number of halogens is 1. The number of thiazole rings is 1. The summed E-state index contributed by atoms with van der Waals surface area (Å²) in [6, 6.07) is 7.79. The van der Waals surface area contributed by atoms with Gasteiger partial charge in [0.05, 0.1) is 11.7 Å². The van der Waals surface area contributed by atoms with Gasteiger partial charge in [0.15, 0.2) is 5.13 Å². The normalized spacial score (nSPS) is 16.1. The number of carbonyl (C=O) groups is 1. The van der Waals surface area contributed by atoms with Crippen molar-refractivity contribution in [1.29, 1.82) is 0 Å². The molecule has 2 aromatic rings. The summed E-state index contributed by atoms with van der Waals surface area (Å²) >= 11 is 7.57. The highest BCUT2D eigenvalue weighted by Gasteiger charge is 2.24. The molecule has 2 N–H and O–H groups in total. The van der Waals surface area contributed by atoms with Gasteiger partial charge in [-0.3, -0.25) is 10.2 Å². The van der Waals surface area contributed by atoms with Crippen molar-refractivity contribution in [3.8, 4) is 0 Å². The third-order valence-corrected chi connectivity index (χ3v) is 5.22. The first-order valence-electron chi connectivity index (χ1n) is 8.08. The average Bonchev–Trinajstić information content (AvgIpc) is 3.20. The Bertz CT molecular complexity index is 699. The lowest BCUT2D eigenvalue weighted by molar-refractivity contribution is 0.227. The van der Waals surface area contributed by atoms with E-state index in [2.05, 4.69) is 26.6 Å². The van der Waals surface area contributed by atoms with Crippen LogP contribution < -0.4 is 10.6 Å². The van der Waals surface area contributed by atoms with E-state index < -0.39 is 0 Å². The summed E-state index contributed by atoms with van der Waals surface area (Å²) in [6.07, 6.45) is 2.39. The summed E-state index contributed by atoms with van der Waals surface area (Å²) in [7, 11) is 0. The molecule has 1 unspecified atom stereocenters. The van der Waals surface area contributed by atoms with E-state index in [1.165, 1.54) is 24.2 Å². The zero-order valence-corrected chi connectivity index (χ0v) is 15.2. The second-order valence-electron chi connectivity index (χ2n) is 5.94. The summed E-state index contributed by atoms with van der Waals surface area (Å²) in [5.41, 5.74) is 2.04. The van der Waals surface area contributed by atoms with E-state index in [0.29, 0.717) is 11.7 Å². The number of nitrogens with zero attached hydrogens (tertiary/aromatic N) is 2. The van der Waals surface area contributed by atoms with Crippen molar-refractivity contribution in [3.05, 3.63) is 45.9 Å². The standard InChI is InChI=1S/C17H21ClN4OS/c1-12-11-24-17(20-12)21-16(23)19-10-15(22-7-2-3-8-22)13-5-4-6-14(18)9-13/h4-6,9,11,15H,2-3,7-8,10H2,1H3,(H2,19,20,21,23). The molecule has 1 aromatic carbocycles. The molecule has 1 aromatic heterocycles. The van der Waals surface area contributed by atoms with E-state index >= 15 is 0 Å². The maximum atomic E-state index is 12.1. The third kappa shape index (κ3) is 4.47. The van der Waals surface area contributed by atoms with Gasteiger partial charge in [-0.05, 0) is 50.6 Å². The lowest BCUT2D eigenvalue weighted by Crippen LogP contribution is -2.38. The van der Waals surface area contributed by atoms with E-state index in [1.807, 2.05) is 30.5 Å². The lowest BCUT2D eigenvalue weighted by Gasteiger charge is -2.28. The molecule has 1 atom stereocenters. The fourth-order valence-electron chi connectivity index (χ4n) is 2.97. The molecule has 3 rings (SSSR count). The van der Waals surface area contributed by atoms with Crippen molar-refractivity contribution in [2.75, 3.05) is 25.0 Å². The van der Waals surface area contributed by atoms with E-state index in [9.17, 15) is 4.79 Å². The van der Waals surface area contributed by atoms with Crippen LogP contribution >= 0.6 is 22.9 Å². The highest BCUT2D eigenvalue weighted by atomic mass is 35.5. The average molecular weight is 365 g/mol. The van der Waals surface area contributed by atoms with Gasteiger partial charge in [0.1, 0.15) is 0 Å². The largest absolute Gasteiger partial charge is 0.336 e. The number of likely N-dealkylation sites (tertiary alicyclic amines) is 1. The Morgan fingerprint density at radius 3 is 2.88 bits per heavy atom. The number of aryl methyl sites for hydroxylation is 1. The highest BCUT2D eigenvalue weighted by Crippen LogP contribution is 2.26. The number of nitrogens with one attached hydrogen (secondary N) is 2. The van der Waals surface area contributed by atoms with Crippen LogP contribution in [0, 0.1) is 6.92 Å². The maximum Gasteiger partial charge on any atom is 0.321 e. The van der Waals surface area contributed by atoms with Crippen molar-refractivity contribution in [2.24, 2.45) is 0 Å². The van der Waals surface area contributed by atoms with Gasteiger partial charge in [-0.2, -0.15) is 0 Å². The predicted octanol–water partition coefficient (Wildman–Crippen LogP) is 4.06. The van der Waals surface area contributed by atoms with E-state index in [0.717, 1.165) is 29.4 Å². The Hall–Kier alpha value is -1.63. The number of amides is 2. The highest BCUT2D eigenvalue weighted by molar-refractivity contribution is 7.13. The number of carbonyl (C=O) groups excluding carboxylic acids is 1. The molecule has 1 saturated heterocycles. The molecule has 0 spiro atoms. The zero-order chi connectivity index (χ0) is 16.9. The van der Waals surface area contributed by atoms with Crippen LogP contribution in [0.4, 0.5) is 9.93 Å². The number of urea groups is 1. The van der Waals surface area contributed by atoms with Gasteiger partial charge in [0.25, 0.3) is 0 Å². The quantitative estimate of drug-likeness (QED) is 0.841. The van der Waals surface area contributed by atoms with Gasteiger partial charge < -0.3 is 5.32 Å². The first kappa shape index (κ1) is 17.2. The Balaban J connectivity index is 1.64. The second kappa shape index (κ2) is 7.96. The number of aromatic nitrogens is 1. The van der Waals surface area contributed by atoms with Crippen LogP contribution in [0.2, 0.25) is 5.02 Å². The molecule has 1 aliphatic rings. The molecule has 0 radical (unpaired) electrons. The SMILES string of the molecule is Cc1csc(NC(=O)NCC(c2cccc(Cl)c2)N2CCCC2)n1. The topological polar surface area (TPSA) is 57.3 Å². The van der Waals surface area contributed by atoms with Crippen molar-refractivity contribution in [2.45, 2.75) is 25.8 Å². The molecule has 2 amide bonds.